The van der Waals surface area contributed by atoms with E-state index in [2.05, 4.69) is 0 Å². The second-order valence-electron chi connectivity index (χ2n) is 2.87. The zero-order chi connectivity index (χ0) is 8.60. The maximum absolute atomic E-state index is 10.8. The molecule has 0 spiro atoms. The third kappa shape index (κ3) is 0.942. The summed E-state index contributed by atoms with van der Waals surface area (Å²) in [5.41, 5.74) is 0.217. The molecule has 1 aromatic heterocycles. The predicted molar refractivity (Wildman–Crippen MR) is 41.3 cm³/mol. The van der Waals surface area contributed by atoms with Gasteiger partial charge in [-0.05, 0) is 19.1 Å². The molecule has 0 aromatic carbocycles. The largest absolute Gasteiger partial charge is 0.472 e. The number of carbonyl (C=O) groups excluding carboxylic acids is 1. The van der Waals surface area contributed by atoms with Gasteiger partial charge in [0.1, 0.15) is 0 Å². The Hall–Kier alpha value is -1.51. The first kappa shape index (κ1) is 7.16. The van der Waals surface area contributed by atoms with E-state index in [1.807, 2.05) is 6.92 Å². The van der Waals surface area contributed by atoms with Gasteiger partial charge in [-0.3, -0.25) is 0 Å². The van der Waals surface area contributed by atoms with Gasteiger partial charge in [0.15, 0.2) is 5.60 Å². The maximum Gasteiger partial charge on any atom is 0.331 e. The molecule has 1 aliphatic rings. The van der Waals surface area contributed by atoms with Crippen LogP contribution in [0.1, 0.15) is 12.5 Å². The van der Waals surface area contributed by atoms with Gasteiger partial charge in [-0.15, -0.1) is 0 Å². The van der Waals surface area contributed by atoms with Crippen LogP contribution < -0.4 is 0 Å². The summed E-state index contributed by atoms with van der Waals surface area (Å²) >= 11 is 0. The van der Waals surface area contributed by atoms with Crippen molar-refractivity contribution < 1.29 is 13.9 Å². The minimum Gasteiger partial charge on any atom is -0.472 e. The van der Waals surface area contributed by atoms with Crippen molar-refractivity contribution in [3.8, 4) is 0 Å². The molecule has 3 nitrogen and oxygen atoms in total. The Morgan fingerprint density at radius 2 is 2.33 bits per heavy atom. The number of furan rings is 1. The Kier molecular flexibility index (Phi) is 1.33. The number of ether oxygens (including phenoxy) is 1. The van der Waals surface area contributed by atoms with E-state index in [1.54, 1.807) is 24.7 Å². The highest BCUT2D eigenvalue weighted by molar-refractivity contribution is 5.85. The van der Waals surface area contributed by atoms with Crippen LogP contribution >= 0.6 is 0 Å². The predicted octanol–water partition coefficient (Wildman–Crippen LogP) is 1.61. The number of esters is 1. The van der Waals surface area contributed by atoms with Crippen molar-refractivity contribution in [2.75, 3.05) is 0 Å². The normalized spacial score (nSPS) is 27.6. The monoisotopic (exact) mass is 164 g/mol. The van der Waals surface area contributed by atoms with Gasteiger partial charge in [0, 0.05) is 11.6 Å². The summed E-state index contributed by atoms with van der Waals surface area (Å²) in [5.74, 6) is -0.307. The highest BCUT2D eigenvalue weighted by Crippen LogP contribution is 2.31. The van der Waals surface area contributed by atoms with Crippen molar-refractivity contribution in [1.29, 1.82) is 0 Å². The summed E-state index contributed by atoms with van der Waals surface area (Å²) in [6, 6.07) is 1.78. The smallest absolute Gasteiger partial charge is 0.331 e. The molecule has 1 atom stereocenters. The zero-order valence-corrected chi connectivity index (χ0v) is 6.61. The van der Waals surface area contributed by atoms with Crippen LogP contribution in [-0.2, 0) is 15.1 Å². The van der Waals surface area contributed by atoms with E-state index in [9.17, 15) is 4.79 Å². The lowest BCUT2D eigenvalue weighted by Gasteiger charge is -2.18. The average Bonchev–Trinajstić information content (AvgIpc) is 2.59. The van der Waals surface area contributed by atoms with Gasteiger partial charge < -0.3 is 9.15 Å². The Labute approximate surface area is 69.6 Å². The van der Waals surface area contributed by atoms with E-state index in [4.69, 9.17) is 9.15 Å². The lowest BCUT2D eigenvalue weighted by Crippen LogP contribution is -2.19. The molecule has 0 amide bonds. The van der Waals surface area contributed by atoms with Crippen LogP contribution in [0, 0.1) is 0 Å². The SMILES string of the molecule is CC1(c2ccoc2)C=CC(=O)O1. The van der Waals surface area contributed by atoms with E-state index < -0.39 is 5.60 Å². The van der Waals surface area contributed by atoms with Crippen LogP contribution in [0.25, 0.3) is 0 Å². The van der Waals surface area contributed by atoms with E-state index in [0.717, 1.165) is 5.56 Å². The molecule has 2 rings (SSSR count). The highest BCUT2D eigenvalue weighted by atomic mass is 16.6. The quantitative estimate of drug-likeness (QED) is 0.592. The van der Waals surface area contributed by atoms with Gasteiger partial charge in [0.05, 0.1) is 12.5 Å². The molecule has 0 fully saturated rings. The van der Waals surface area contributed by atoms with E-state index in [1.165, 1.54) is 6.08 Å². The summed E-state index contributed by atoms with van der Waals surface area (Å²) in [4.78, 5) is 10.8. The van der Waals surface area contributed by atoms with Crippen LogP contribution in [0.2, 0.25) is 0 Å². The van der Waals surface area contributed by atoms with Crippen LogP contribution in [0.5, 0.6) is 0 Å². The number of hydrogen-bond acceptors (Lipinski definition) is 3. The van der Waals surface area contributed by atoms with Gasteiger partial charge >= 0.3 is 5.97 Å². The first-order chi connectivity index (χ1) is 5.71. The molecular weight excluding hydrogens is 156 g/mol. The van der Waals surface area contributed by atoms with Crippen molar-refractivity contribution in [2.24, 2.45) is 0 Å². The zero-order valence-electron chi connectivity index (χ0n) is 6.61. The van der Waals surface area contributed by atoms with E-state index >= 15 is 0 Å². The topological polar surface area (TPSA) is 39.4 Å². The van der Waals surface area contributed by atoms with Crippen molar-refractivity contribution in [2.45, 2.75) is 12.5 Å². The minimum atomic E-state index is -0.635. The maximum atomic E-state index is 10.8. The summed E-state index contributed by atoms with van der Waals surface area (Å²) < 4.78 is 9.99. The van der Waals surface area contributed by atoms with E-state index in [-0.39, 0.29) is 5.97 Å². The fraction of sp³-hybridized carbons (Fsp3) is 0.222. The number of hydrogen-bond donors (Lipinski definition) is 0. The van der Waals surface area contributed by atoms with Crippen LogP contribution in [-0.4, -0.2) is 5.97 Å². The first-order valence-corrected chi connectivity index (χ1v) is 3.66. The van der Waals surface area contributed by atoms with E-state index in [0.29, 0.717) is 0 Å². The fourth-order valence-electron chi connectivity index (χ4n) is 1.21. The highest BCUT2D eigenvalue weighted by Gasteiger charge is 2.33. The van der Waals surface area contributed by atoms with Crippen LogP contribution in [0.4, 0.5) is 0 Å². The summed E-state index contributed by atoms with van der Waals surface area (Å²) in [6.45, 7) is 1.82. The Morgan fingerprint density at radius 1 is 1.50 bits per heavy atom. The van der Waals surface area contributed by atoms with Crippen molar-refractivity contribution in [3.05, 3.63) is 36.3 Å². The molecule has 0 bridgehead atoms. The molecular formula is C9H8O3. The molecule has 0 radical (unpaired) electrons. The molecule has 1 aliphatic heterocycles. The van der Waals surface area contributed by atoms with Crippen LogP contribution in [0.15, 0.2) is 35.2 Å². The van der Waals surface area contributed by atoms with Gasteiger partial charge in [-0.25, -0.2) is 4.79 Å². The fourth-order valence-corrected chi connectivity index (χ4v) is 1.21. The number of carbonyl (C=O) groups is 1. The van der Waals surface area contributed by atoms with Crippen LogP contribution in [0.3, 0.4) is 0 Å². The summed E-state index contributed by atoms with van der Waals surface area (Å²) in [6.07, 6.45) is 6.27. The molecule has 62 valence electrons. The van der Waals surface area contributed by atoms with Crippen molar-refractivity contribution in [1.82, 2.24) is 0 Å². The number of rotatable bonds is 1. The molecule has 12 heavy (non-hydrogen) atoms. The second kappa shape index (κ2) is 2.24. The Bertz CT molecular complexity index is 324. The Balaban J connectivity index is 2.36. The average molecular weight is 164 g/mol. The second-order valence-corrected chi connectivity index (χ2v) is 2.87. The number of cyclic esters (lactones) is 1. The molecule has 0 aliphatic carbocycles. The van der Waals surface area contributed by atoms with Gasteiger partial charge in [-0.1, -0.05) is 0 Å². The molecule has 1 aromatic rings. The molecule has 0 N–H and O–H groups in total. The van der Waals surface area contributed by atoms with Gasteiger partial charge in [-0.2, -0.15) is 0 Å². The molecule has 0 saturated heterocycles. The van der Waals surface area contributed by atoms with Crippen molar-refractivity contribution >= 4 is 5.97 Å². The lowest BCUT2D eigenvalue weighted by molar-refractivity contribution is -0.145. The lowest BCUT2D eigenvalue weighted by atomic mass is 10.00. The summed E-state index contributed by atoms with van der Waals surface area (Å²) in [5, 5.41) is 0. The third-order valence-electron chi connectivity index (χ3n) is 1.94. The van der Waals surface area contributed by atoms with Gasteiger partial charge in [0.2, 0.25) is 0 Å². The molecule has 1 unspecified atom stereocenters. The minimum absolute atomic E-state index is 0.307. The summed E-state index contributed by atoms with van der Waals surface area (Å²) in [7, 11) is 0. The van der Waals surface area contributed by atoms with Crippen molar-refractivity contribution in [3.63, 3.8) is 0 Å². The first-order valence-electron chi connectivity index (χ1n) is 3.66. The van der Waals surface area contributed by atoms with Gasteiger partial charge in [0.25, 0.3) is 0 Å². The standard InChI is InChI=1S/C9H8O3/c1-9(4-2-8(10)12-9)7-3-5-11-6-7/h2-6H,1H3. The Morgan fingerprint density at radius 3 is 2.83 bits per heavy atom. The molecule has 3 heteroatoms. The molecule has 2 heterocycles. The third-order valence-corrected chi connectivity index (χ3v) is 1.94. The molecule has 0 saturated carbocycles.